The van der Waals surface area contributed by atoms with Crippen molar-refractivity contribution < 1.29 is 26.7 Å². The highest BCUT2D eigenvalue weighted by Crippen LogP contribution is 2.43. The molecule has 1 aliphatic rings. The van der Waals surface area contributed by atoms with E-state index in [0.29, 0.717) is 18.8 Å². The minimum Gasteiger partial charge on any atom is -0.491 e. The average molecular weight is 392 g/mol. The van der Waals surface area contributed by atoms with Crippen LogP contribution in [0.15, 0.2) is 29.2 Å². The Morgan fingerprint density at radius 1 is 0.964 bits per heavy atom. The van der Waals surface area contributed by atoms with Crippen LogP contribution >= 0.6 is 0 Å². The lowest BCUT2D eigenvalue weighted by Crippen LogP contribution is -2.13. The van der Waals surface area contributed by atoms with Gasteiger partial charge in [0.05, 0.1) is 17.4 Å². The standard InChI is InChI=1S/C22H20F4O2/c1-3-11-5-7-12(8-6-11)13-9-14-17(21(25)19(13)23)18-15(28-14)10-16(27-4-2)20(24)22(18)26/h3,9-12H,1,4-8H2,2H3. The van der Waals surface area contributed by atoms with Crippen LogP contribution in [0.25, 0.3) is 21.9 Å². The number of fused-ring (bicyclic) bond motifs is 3. The number of halogens is 4. The van der Waals surface area contributed by atoms with E-state index in [1.165, 1.54) is 12.1 Å². The molecule has 6 heteroatoms. The van der Waals surface area contributed by atoms with E-state index in [1.807, 2.05) is 6.08 Å². The summed E-state index contributed by atoms with van der Waals surface area (Å²) >= 11 is 0. The number of hydrogen-bond acceptors (Lipinski definition) is 2. The maximum absolute atomic E-state index is 14.9. The summed E-state index contributed by atoms with van der Waals surface area (Å²) in [6.45, 7) is 5.54. The van der Waals surface area contributed by atoms with Crippen LogP contribution in [0.4, 0.5) is 17.6 Å². The van der Waals surface area contributed by atoms with Gasteiger partial charge in [0.1, 0.15) is 11.2 Å². The Labute approximate surface area is 159 Å². The van der Waals surface area contributed by atoms with Crippen molar-refractivity contribution in [3.63, 3.8) is 0 Å². The first kappa shape index (κ1) is 18.8. The fourth-order valence-corrected chi connectivity index (χ4v) is 4.17. The Morgan fingerprint density at radius 2 is 1.57 bits per heavy atom. The van der Waals surface area contributed by atoms with Gasteiger partial charge < -0.3 is 9.15 Å². The third kappa shape index (κ3) is 2.86. The molecule has 0 N–H and O–H groups in total. The van der Waals surface area contributed by atoms with Crippen molar-refractivity contribution in [1.82, 2.24) is 0 Å². The zero-order chi connectivity index (χ0) is 20.0. The molecule has 3 aromatic rings. The van der Waals surface area contributed by atoms with Crippen molar-refractivity contribution in [1.29, 1.82) is 0 Å². The number of rotatable bonds is 4. The molecule has 0 bridgehead atoms. The van der Waals surface area contributed by atoms with Gasteiger partial charge >= 0.3 is 0 Å². The molecule has 2 aromatic carbocycles. The van der Waals surface area contributed by atoms with Crippen molar-refractivity contribution in [2.24, 2.45) is 5.92 Å². The predicted octanol–water partition coefficient (Wildman–Crippen LogP) is 7.00. The van der Waals surface area contributed by atoms with Crippen LogP contribution < -0.4 is 4.74 Å². The predicted molar refractivity (Wildman–Crippen MR) is 99.6 cm³/mol. The van der Waals surface area contributed by atoms with Gasteiger partial charge in [0.15, 0.2) is 23.2 Å². The molecule has 1 aromatic heterocycles. The lowest BCUT2D eigenvalue weighted by molar-refractivity contribution is 0.315. The van der Waals surface area contributed by atoms with Crippen molar-refractivity contribution in [2.75, 3.05) is 6.61 Å². The molecule has 1 heterocycles. The van der Waals surface area contributed by atoms with Gasteiger partial charge in [-0.05, 0) is 56.1 Å². The molecule has 148 valence electrons. The van der Waals surface area contributed by atoms with Gasteiger partial charge in [-0.3, -0.25) is 0 Å². The maximum Gasteiger partial charge on any atom is 0.201 e. The first-order valence-corrected chi connectivity index (χ1v) is 9.43. The molecule has 1 saturated carbocycles. The van der Waals surface area contributed by atoms with E-state index < -0.39 is 28.7 Å². The van der Waals surface area contributed by atoms with Gasteiger partial charge in [0.2, 0.25) is 5.82 Å². The summed E-state index contributed by atoms with van der Waals surface area (Å²) in [6.07, 6.45) is 5.01. The van der Waals surface area contributed by atoms with Crippen LogP contribution in [-0.2, 0) is 0 Å². The Hall–Kier alpha value is -2.50. The summed E-state index contributed by atoms with van der Waals surface area (Å²) in [5.41, 5.74) is 0.141. The zero-order valence-corrected chi connectivity index (χ0v) is 15.5. The summed E-state index contributed by atoms with van der Waals surface area (Å²) in [7, 11) is 0. The minimum atomic E-state index is -1.31. The summed E-state index contributed by atoms with van der Waals surface area (Å²) in [5, 5.41) is -0.787. The lowest BCUT2D eigenvalue weighted by Gasteiger charge is -2.27. The summed E-state index contributed by atoms with van der Waals surface area (Å²) in [6, 6.07) is 2.59. The number of furan rings is 1. The second-order valence-corrected chi connectivity index (χ2v) is 7.23. The Bertz CT molecular complexity index is 1060. The molecular weight excluding hydrogens is 372 g/mol. The second-order valence-electron chi connectivity index (χ2n) is 7.23. The van der Waals surface area contributed by atoms with E-state index >= 15 is 0 Å². The normalized spacial score (nSPS) is 20.0. The minimum absolute atomic E-state index is 0.00157. The first-order chi connectivity index (χ1) is 13.5. The van der Waals surface area contributed by atoms with Gasteiger partial charge in [-0.1, -0.05) is 6.08 Å². The summed E-state index contributed by atoms with van der Waals surface area (Å²) in [5.74, 6) is -4.88. The fraction of sp³-hybridized carbons (Fsp3) is 0.364. The van der Waals surface area contributed by atoms with E-state index in [1.54, 1.807) is 6.92 Å². The molecule has 28 heavy (non-hydrogen) atoms. The van der Waals surface area contributed by atoms with Gasteiger partial charge in [-0.2, -0.15) is 4.39 Å². The Balaban J connectivity index is 1.88. The van der Waals surface area contributed by atoms with Gasteiger partial charge in [-0.25, -0.2) is 13.2 Å². The van der Waals surface area contributed by atoms with Crippen molar-refractivity contribution >= 4 is 21.9 Å². The molecule has 0 radical (unpaired) electrons. The number of benzene rings is 2. The molecule has 0 aliphatic heterocycles. The Morgan fingerprint density at radius 3 is 2.18 bits per heavy atom. The van der Waals surface area contributed by atoms with Crippen LogP contribution in [0.5, 0.6) is 5.75 Å². The number of hydrogen-bond donors (Lipinski definition) is 0. The van der Waals surface area contributed by atoms with Crippen LogP contribution in [0.1, 0.15) is 44.1 Å². The average Bonchev–Trinajstić information content (AvgIpc) is 3.07. The van der Waals surface area contributed by atoms with Crippen molar-refractivity contribution in [3.8, 4) is 5.75 Å². The monoisotopic (exact) mass is 392 g/mol. The van der Waals surface area contributed by atoms with E-state index in [9.17, 15) is 17.6 Å². The summed E-state index contributed by atoms with van der Waals surface area (Å²) in [4.78, 5) is 0. The van der Waals surface area contributed by atoms with E-state index in [2.05, 4.69) is 6.58 Å². The maximum atomic E-state index is 14.9. The van der Waals surface area contributed by atoms with Crippen LogP contribution in [0, 0.1) is 29.2 Å². The van der Waals surface area contributed by atoms with Gasteiger partial charge in [-0.15, -0.1) is 6.58 Å². The zero-order valence-electron chi connectivity index (χ0n) is 15.5. The van der Waals surface area contributed by atoms with E-state index in [0.717, 1.165) is 12.8 Å². The molecule has 0 amide bonds. The third-order valence-corrected chi connectivity index (χ3v) is 5.65. The topological polar surface area (TPSA) is 22.4 Å². The van der Waals surface area contributed by atoms with E-state index in [-0.39, 0.29) is 40.4 Å². The molecule has 0 spiro atoms. The van der Waals surface area contributed by atoms with E-state index in [4.69, 9.17) is 9.15 Å². The lowest BCUT2D eigenvalue weighted by atomic mass is 9.78. The molecule has 0 saturated heterocycles. The van der Waals surface area contributed by atoms with Gasteiger partial charge in [0, 0.05) is 6.07 Å². The SMILES string of the molecule is C=CC1CCC(c2cc3oc4cc(OCC)c(F)c(F)c4c3c(F)c2F)CC1. The molecule has 1 fully saturated rings. The molecule has 2 nitrogen and oxygen atoms in total. The quantitative estimate of drug-likeness (QED) is 0.352. The van der Waals surface area contributed by atoms with Crippen LogP contribution in [-0.4, -0.2) is 6.61 Å². The Kier molecular flexibility index (Phi) is 4.81. The van der Waals surface area contributed by atoms with Crippen molar-refractivity contribution in [3.05, 3.63) is 53.6 Å². The first-order valence-electron chi connectivity index (χ1n) is 9.43. The molecule has 0 atom stereocenters. The highest BCUT2D eigenvalue weighted by molar-refractivity contribution is 6.06. The fourth-order valence-electron chi connectivity index (χ4n) is 4.17. The molecule has 4 rings (SSSR count). The van der Waals surface area contributed by atoms with Crippen LogP contribution in [0.2, 0.25) is 0 Å². The molecule has 1 aliphatic carbocycles. The largest absolute Gasteiger partial charge is 0.491 e. The van der Waals surface area contributed by atoms with Crippen molar-refractivity contribution in [2.45, 2.75) is 38.5 Å². The van der Waals surface area contributed by atoms with Crippen LogP contribution in [0.3, 0.4) is 0 Å². The number of ether oxygens (including phenoxy) is 1. The molecular formula is C22H20F4O2. The molecule has 0 unspecified atom stereocenters. The van der Waals surface area contributed by atoms with Gasteiger partial charge in [0.25, 0.3) is 0 Å². The third-order valence-electron chi connectivity index (χ3n) is 5.65. The summed E-state index contributed by atoms with van der Waals surface area (Å²) < 4.78 is 69.2. The second kappa shape index (κ2) is 7.15. The highest BCUT2D eigenvalue weighted by atomic mass is 19.2. The number of allylic oxidation sites excluding steroid dienone is 1. The smallest absolute Gasteiger partial charge is 0.201 e. The highest BCUT2D eigenvalue weighted by Gasteiger charge is 2.29.